The summed E-state index contributed by atoms with van der Waals surface area (Å²) in [6.07, 6.45) is 11.2. The van der Waals surface area contributed by atoms with Gasteiger partial charge in [0.1, 0.15) is 8.07 Å². The van der Waals surface area contributed by atoms with Crippen LogP contribution in [0.2, 0.25) is 29.7 Å². The number of unbranched alkanes of at least 4 members (excludes halogenated alkanes) is 1. The minimum atomic E-state index is -2.05. The van der Waals surface area contributed by atoms with E-state index in [-0.39, 0.29) is 0 Å². The first-order chi connectivity index (χ1) is 19.1. The van der Waals surface area contributed by atoms with Gasteiger partial charge in [-0.3, -0.25) is 0 Å². The van der Waals surface area contributed by atoms with Crippen molar-refractivity contribution >= 4 is 21.6 Å². The van der Waals surface area contributed by atoms with Gasteiger partial charge in [-0.1, -0.05) is 144 Å². The van der Waals surface area contributed by atoms with E-state index in [1.54, 1.807) is 0 Å². The molecule has 40 heavy (non-hydrogen) atoms. The number of hydrogen-bond acceptors (Lipinski definition) is 2. The van der Waals surface area contributed by atoms with Gasteiger partial charge in [-0.2, -0.15) is 0 Å². The molecule has 0 bridgehead atoms. The van der Waals surface area contributed by atoms with Gasteiger partial charge < -0.3 is 9.16 Å². The van der Waals surface area contributed by atoms with Gasteiger partial charge in [0.25, 0.3) is 8.32 Å². The minimum Gasteiger partial charge on any atom is -0.543 e. The molecule has 0 aliphatic heterocycles. The molecule has 0 saturated carbocycles. The van der Waals surface area contributed by atoms with Crippen molar-refractivity contribution in [1.82, 2.24) is 0 Å². The molecule has 0 N–H and O–H groups in total. The topological polar surface area (TPSA) is 18.5 Å². The normalized spacial score (nSPS) is 13.0. The highest BCUT2D eigenvalue weighted by Crippen LogP contribution is 2.43. The van der Waals surface area contributed by atoms with Gasteiger partial charge in [0.05, 0.1) is 19.0 Å². The third-order valence-electron chi connectivity index (χ3n) is 7.64. The zero-order valence-corrected chi connectivity index (χ0v) is 28.2. The molecule has 0 radical (unpaired) electrons. The van der Waals surface area contributed by atoms with Crippen molar-refractivity contribution in [3.63, 3.8) is 0 Å². The van der Waals surface area contributed by atoms with Gasteiger partial charge in [0.2, 0.25) is 0 Å². The molecule has 0 spiro atoms. The van der Waals surface area contributed by atoms with Crippen molar-refractivity contribution in [3.8, 4) is 11.8 Å². The van der Waals surface area contributed by atoms with E-state index in [1.165, 1.54) is 10.8 Å². The van der Waals surface area contributed by atoms with Crippen LogP contribution in [-0.4, -0.2) is 23.0 Å². The summed E-state index contributed by atoms with van der Waals surface area (Å²) in [5.74, 6) is 7.53. The van der Waals surface area contributed by atoms with Crippen LogP contribution in [0.3, 0.4) is 0 Å². The zero-order chi connectivity index (χ0) is 29.4. The Bertz CT molecular complexity index is 1110. The van der Waals surface area contributed by atoms with Crippen LogP contribution in [0.1, 0.15) is 66.4 Å². The van der Waals surface area contributed by atoms with E-state index in [4.69, 9.17) is 9.16 Å². The van der Waals surface area contributed by atoms with Gasteiger partial charge in [-0.05, 0) is 53.3 Å². The smallest absolute Gasteiger partial charge is 0.258 e. The van der Waals surface area contributed by atoms with Crippen LogP contribution >= 0.6 is 0 Å². The number of rotatable bonds is 15. The second kappa shape index (κ2) is 17.3. The molecule has 0 aromatic heterocycles. The fraction of sp³-hybridized carbons (Fsp3) is 0.444. The van der Waals surface area contributed by atoms with Crippen LogP contribution in [0.4, 0.5) is 0 Å². The van der Waals surface area contributed by atoms with E-state index in [0.29, 0.717) is 29.8 Å². The van der Waals surface area contributed by atoms with Crippen molar-refractivity contribution in [2.75, 3.05) is 6.61 Å². The SMILES string of the molecule is CC(C)[Si](OC(=C\CCC#C/C=C/CCOCc1ccccc1)/C=C/[Si](C)(C)c1ccccc1)(C(C)C)C(C)C. The Hall–Kier alpha value is -2.59. The van der Waals surface area contributed by atoms with Crippen LogP contribution in [0, 0.1) is 11.8 Å². The Labute approximate surface area is 247 Å². The molecule has 2 rings (SSSR count). The van der Waals surface area contributed by atoms with E-state index in [2.05, 4.69) is 133 Å². The Morgan fingerprint density at radius 1 is 0.825 bits per heavy atom. The molecule has 216 valence electrons. The van der Waals surface area contributed by atoms with Gasteiger partial charge in [0, 0.05) is 6.42 Å². The lowest BCUT2D eigenvalue weighted by Crippen LogP contribution is -2.47. The highest BCUT2D eigenvalue weighted by molar-refractivity contribution is 6.94. The molecule has 2 aromatic rings. The first-order valence-corrected chi connectivity index (χ1v) is 20.2. The maximum atomic E-state index is 7.13. The summed E-state index contributed by atoms with van der Waals surface area (Å²) >= 11 is 0. The van der Waals surface area contributed by atoms with Crippen LogP contribution in [0.15, 0.2) is 96.4 Å². The highest BCUT2D eigenvalue weighted by Gasteiger charge is 2.47. The molecule has 0 atom stereocenters. The molecule has 4 heteroatoms. The fourth-order valence-electron chi connectivity index (χ4n) is 5.43. The average Bonchev–Trinajstić information content (AvgIpc) is 2.93. The molecule has 0 aliphatic rings. The fourth-order valence-corrected chi connectivity index (χ4v) is 12.5. The lowest BCUT2D eigenvalue weighted by molar-refractivity contribution is 0.125. The lowest BCUT2D eigenvalue weighted by atomic mass is 10.2. The lowest BCUT2D eigenvalue weighted by Gasteiger charge is -2.42. The monoisotopic (exact) mass is 572 g/mol. The maximum absolute atomic E-state index is 7.13. The second-order valence-electron chi connectivity index (χ2n) is 12.0. The van der Waals surface area contributed by atoms with Crippen LogP contribution < -0.4 is 5.19 Å². The Morgan fingerprint density at radius 2 is 1.43 bits per heavy atom. The summed E-state index contributed by atoms with van der Waals surface area (Å²) in [5.41, 5.74) is 5.24. The second-order valence-corrected chi connectivity index (χ2v) is 21.8. The van der Waals surface area contributed by atoms with Crippen molar-refractivity contribution in [2.24, 2.45) is 0 Å². The summed E-state index contributed by atoms with van der Waals surface area (Å²) in [4.78, 5) is 0. The van der Waals surface area contributed by atoms with Crippen molar-refractivity contribution < 1.29 is 9.16 Å². The highest BCUT2D eigenvalue weighted by atomic mass is 28.4. The first kappa shape index (κ1) is 33.6. The van der Waals surface area contributed by atoms with Gasteiger partial charge >= 0.3 is 0 Å². The van der Waals surface area contributed by atoms with E-state index >= 15 is 0 Å². The van der Waals surface area contributed by atoms with Crippen LogP contribution in [0.25, 0.3) is 0 Å². The quantitative estimate of drug-likeness (QED) is 0.0695. The molecular weight excluding hydrogens is 521 g/mol. The summed E-state index contributed by atoms with van der Waals surface area (Å²) in [6, 6.07) is 21.2. The Balaban J connectivity index is 2.04. The molecule has 0 aliphatic carbocycles. The molecule has 2 aromatic carbocycles. The maximum Gasteiger partial charge on any atom is 0.258 e. The molecule has 2 nitrogen and oxygen atoms in total. The van der Waals surface area contributed by atoms with Crippen LogP contribution in [0.5, 0.6) is 0 Å². The Morgan fingerprint density at radius 3 is 2.02 bits per heavy atom. The molecule has 0 unspecified atom stereocenters. The molecule has 0 heterocycles. The first-order valence-electron chi connectivity index (χ1n) is 15.0. The molecule has 0 amide bonds. The summed E-state index contributed by atoms with van der Waals surface area (Å²) < 4.78 is 12.9. The van der Waals surface area contributed by atoms with Crippen molar-refractivity contribution in [1.29, 1.82) is 0 Å². The molecule has 0 fully saturated rings. The van der Waals surface area contributed by atoms with Gasteiger partial charge in [-0.25, -0.2) is 0 Å². The number of hydrogen-bond donors (Lipinski definition) is 0. The van der Waals surface area contributed by atoms with E-state index in [9.17, 15) is 0 Å². The van der Waals surface area contributed by atoms with Gasteiger partial charge in [-0.15, -0.1) is 0 Å². The number of allylic oxidation sites excluding steroid dienone is 3. The predicted octanol–water partition coefficient (Wildman–Crippen LogP) is 9.72. The van der Waals surface area contributed by atoms with E-state index < -0.39 is 16.4 Å². The van der Waals surface area contributed by atoms with E-state index in [0.717, 1.165) is 25.0 Å². The standard InChI is InChI=1S/C36H52O2Si2/c1-31(2)40(32(3)4,33(5)6)38-35(27-29-39(7,8)36-25-19-15-20-26-36)24-18-12-10-9-11-13-21-28-37-30-34-22-16-14-17-23-34/h11,13-17,19-20,22-27,29,31-33H,12,18,21,28,30H2,1-8H3/b13-11+,29-27+,35-24-. The summed E-state index contributed by atoms with van der Waals surface area (Å²) in [6.45, 7) is 20.3. The largest absolute Gasteiger partial charge is 0.543 e. The Kier molecular flexibility index (Phi) is 14.5. The number of benzene rings is 2. The third-order valence-corrected chi connectivity index (χ3v) is 16.5. The van der Waals surface area contributed by atoms with Crippen LogP contribution in [-0.2, 0) is 15.8 Å². The third kappa shape index (κ3) is 10.8. The van der Waals surface area contributed by atoms with E-state index in [1.807, 2.05) is 24.3 Å². The molecule has 0 saturated heterocycles. The van der Waals surface area contributed by atoms with Crippen molar-refractivity contribution in [3.05, 3.63) is 102 Å². The summed E-state index contributed by atoms with van der Waals surface area (Å²) in [5, 5.41) is 1.44. The summed E-state index contributed by atoms with van der Waals surface area (Å²) in [7, 11) is -3.78. The zero-order valence-electron chi connectivity index (χ0n) is 26.2. The number of ether oxygens (including phenoxy) is 1. The molecular formula is C36H52O2Si2. The van der Waals surface area contributed by atoms with Gasteiger partial charge in [0.15, 0.2) is 0 Å². The van der Waals surface area contributed by atoms with Crippen molar-refractivity contribution in [2.45, 2.75) is 97.1 Å². The minimum absolute atomic E-state index is 0.533. The predicted molar refractivity (Wildman–Crippen MR) is 180 cm³/mol. The average molecular weight is 573 g/mol.